The molecule has 4 rings (SSSR count). The molecule has 0 saturated carbocycles. The molecule has 0 bridgehead atoms. The van der Waals surface area contributed by atoms with E-state index in [1.54, 1.807) is 6.07 Å². The van der Waals surface area contributed by atoms with Gasteiger partial charge in [0.15, 0.2) is 0 Å². The van der Waals surface area contributed by atoms with Crippen LogP contribution in [0.25, 0.3) is 0 Å². The summed E-state index contributed by atoms with van der Waals surface area (Å²) >= 11 is 0. The Kier molecular flexibility index (Phi) is 4.74. The first-order valence-corrected chi connectivity index (χ1v) is 8.84. The van der Waals surface area contributed by atoms with Crippen molar-refractivity contribution >= 4 is 11.7 Å². The first-order chi connectivity index (χ1) is 13.2. The summed E-state index contributed by atoms with van der Waals surface area (Å²) in [5.41, 5.74) is 0.583. The van der Waals surface area contributed by atoms with Crippen molar-refractivity contribution in [1.82, 2.24) is 14.9 Å². The van der Waals surface area contributed by atoms with Crippen molar-refractivity contribution in [3.05, 3.63) is 66.4 Å². The van der Waals surface area contributed by atoms with Gasteiger partial charge in [-0.3, -0.25) is 4.79 Å². The molecule has 3 heterocycles. The zero-order chi connectivity index (χ0) is 18.6. The number of hydrogen-bond donors (Lipinski definition) is 0. The van der Waals surface area contributed by atoms with Gasteiger partial charge in [0.25, 0.3) is 5.91 Å². The third-order valence-electron chi connectivity index (χ3n) is 4.43. The number of carbonyl (C=O) groups excluding carboxylic acids is 1. The molecule has 0 unspecified atom stereocenters. The lowest BCUT2D eigenvalue weighted by atomic mass is 10.2. The van der Waals surface area contributed by atoms with E-state index in [0.29, 0.717) is 43.4 Å². The Balaban J connectivity index is 1.44. The molecular weight excluding hydrogens is 344 g/mol. The standard InChI is InChI=1S/C20H20N4O3/c1-15-21-18(13-19(22-15)27-17-5-3-2-4-6-17)23-8-10-24(11-9-23)20(25)16-7-12-26-14-16/h2-7,12-14H,8-11H2,1H3. The second-order valence-corrected chi connectivity index (χ2v) is 6.32. The van der Waals surface area contributed by atoms with Crippen LogP contribution in [-0.2, 0) is 0 Å². The van der Waals surface area contributed by atoms with Crippen molar-refractivity contribution in [1.29, 1.82) is 0 Å². The fraction of sp³-hybridized carbons (Fsp3) is 0.250. The average molecular weight is 364 g/mol. The van der Waals surface area contributed by atoms with E-state index >= 15 is 0 Å². The van der Waals surface area contributed by atoms with Crippen molar-refractivity contribution in [2.24, 2.45) is 0 Å². The highest BCUT2D eigenvalue weighted by molar-refractivity contribution is 5.94. The topological polar surface area (TPSA) is 71.7 Å². The molecule has 2 aromatic heterocycles. The van der Waals surface area contributed by atoms with Crippen molar-refractivity contribution in [3.63, 3.8) is 0 Å². The maximum Gasteiger partial charge on any atom is 0.257 e. The van der Waals surface area contributed by atoms with E-state index in [-0.39, 0.29) is 5.91 Å². The lowest BCUT2D eigenvalue weighted by Gasteiger charge is -2.35. The number of piperazine rings is 1. The molecule has 0 aliphatic carbocycles. The largest absolute Gasteiger partial charge is 0.472 e. The van der Waals surface area contributed by atoms with E-state index < -0.39 is 0 Å². The quantitative estimate of drug-likeness (QED) is 0.708. The number of carbonyl (C=O) groups is 1. The predicted octanol–water partition coefficient (Wildman–Crippen LogP) is 3.13. The summed E-state index contributed by atoms with van der Waals surface area (Å²) in [5, 5.41) is 0. The van der Waals surface area contributed by atoms with E-state index in [2.05, 4.69) is 14.9 Å². The maximum absolute atomic E-state index is 12.4. The minimum Gasteiger partial charge on any atom is -0.472 e. The van der Waals surface area contributed by atoms with Crippen LogP contribution in [0.2, 0.25) is 0 Å². The van der Waals surface area contributed by atoms with Crippen LogP contribution < -0.4 is 9.64 Å². The molecule has 1 aliphatic heterocycles. The number of benzene rings is 1. The normalized spacial score (nSPS) is 14.3. The van der Waals surface area contributed by atoms with Crippen LogP contribution in [-0.4, -0.2) is 47.0 Å². The molecule has 0 N–H and O–H groups in total. The molecule has 27 heavy (non-hydrogen) atoms. The van der Waals surface area contributed by atoms with Gasteiger partial charge in [0.05, 0.1) is 11.8 Å². The van der Waals surface area contributed by atoms with Gasteiger partial charge in [-0.2, -0.15) is 4.98 Å². The van der Waals surface area contributed by atoms with Gasteiger partial charge >= 0.3 is 0 Å². The number of hydrogen-bond acceptors (Lipinski definition) is 6. The maximum atomic E-state index is 12.4. The summed E-state index contributed by atoms with van der Waals surface area (Å²) in [4.78, 5) is 25.3. The molecule has 138 valence electrons. The summed E-state index contributed by atoms with van der Waals surface area (Å²) in [5.74, 6) is 2.70. The third kappa shape index (κ3) is 3.92. The van der Waals surface area contributed by atoms with Crippen LogP contribution in [0.4, 0.5) is 5.82 Å². The zero-order valence-corrected chi connectivity index (χ0v) is 15.0. The van der Waals surface area contributed by atoms with Crippen LogP contribution in [0.3, 0.4) is 0 Å². The number of ether oxygens (including phenoxy) is 1. The van der Waals surface area contributed by atoms with Gasteiger partial charge in [0, 0.05) is 32.2 Å². The molecule has 1 fully saturated rings. The second-order valence-electron chi connectivity index (χ2n) is 6.32. The number of aromatic nitrogens is 2. The van der Waals surface area contributed by atoms with Crippen LogP contribution in [0.15, 0.2) is 59.4 Å². The lowest BCUT2D eigenvalue weighted by Crippen LogP contribution is -2.49. The minimum atomic E-state index is -0.00429. The van der Waals surface area contributed by atoms with E-state index in [4.69, 9.17) is 9.15 Å². The van der Waals surface area contributed by atoms with Crippen molar-refractivity contribution in [2.45, 2.75) is 6.92 Å². The summed E-state index contributed by atoms with van der Waals surface area (Å²) in [6.45, 7) is 4.50. The van der Waals surface area contributed by atoms with Crippen LogP contribution >= 0.6 is 0 Å². The van der Waals surface area contributed by atoms with Crippen LogP contribution in [0.5, 0.6) is 11.6 Å². The smallest absolute Gasteiger partial charge is 0.257 e. The van der Waals surface area contributed by atoms with Gasteiger partial charge in [0.2, 0.25) is 5.88 Å². The Morgan fingerprint density at radius 2 is 1.85 bits per heavy atom. The first kappa shape index (κ1) is 17.1. The second kappa shape index (κ2) is 7.49. The fourth-order valence-corrected chi connectivity index (χ4v) is 3.06. The van der Waals surface area contributed by atoms with Gasteiger partial charge in [-0.05, 0) is 25.1 Å². The van der Waals surface area contributed by atoms with E-state index in [0.717, 1.165) is 11.6 Å². The van der Waals surface area contributed by atoms with Gasteiger partial charge in [-0.15, -0.1) is 0 Å². The van der Waals surface area contributed by atoms with Crippen molar-refractivity contribution in [3.8, 4) is 11.6 Å². The summed E-state index contributed by atoms with van der Waals surface area (Å²) in [6.07, 6.45) is 3.00. The van der Waals surface area contributed by atoms with Crippen molar-refractivity contribution in [2.75, 3.05) is 31.1 Å². The van der Waals surface area contributed by atoms with Gasteiger partial charge < -0.3 is 19.0 Å². The first-order valence-electron chi connectivity index (χ1n) is 8.84. The molecule has 1 saturated heterocycles. The van der Waals surface area contributed by atoms with Crippen LogP contribution in [0.1, 0.15) is 16.2 Å². The highest BCUT2D eigenvalue weighted by atomic mass is 16.5. The Morgan fingerprint density at radius 1 is 1.07 bits per heavy atom. The Bertz CT molecular complexity index is 904. The highest BCUT2D eigenvalue weighted by Crippen LogP contribution is 2.24. The number of furan rings is 1. The molecule has 1 aliphatic rings. The molecule has 0 atom stereocenters. The Labute approximate surface area is 157 Å². The van der Waals surface area contributed by atoms with Crippen molar-refractivity contribution < 1.29 is 13.9 Å². The molecule has 3 aromatic rings. The van der Waals surface area contributed by atoms with E-state index in [1.807, 2.05) is 48.2 Å². The average Bonchev–Trinajstić information content (AvgIpc) is 3.23. The highest BCUT2D eigenvalue weighted by Gasteiger charge is 2.24. The fourth-order valence-electron chi connectivity index (χ4n) is 3.06. The number of para-hydroxylation sites is 1. The third-order valence-corrected chi connectivity index (χ3v) is 4.43. The number of anilines is 1. The molecular formula is C20H20N4O3. The number of nitrogens with zero attached hydrogens (tertiary/aromatic N) is 4. The van der Waals surface area contributed by atoms with Gasteiger partial charge in [-0.25, -0.2) is 4.98 Å². The number of rotatable bonds is 4. The monoisotopic (exact) mass is 364 g/mol. The number of aryl methyl sites for hydroxylation is 1. The van der Waals surface area contributed by atoms with Gasteiger partial charge in [-0.1, -0.05) is 18.2 Å². The number of amides is 1. The summed E-state index contributed by atoms with van der Waals surface area (Å²) in [7, 11) is 0. The zero-order valence-electron chi connectivity index (χ0n) is 15.0. The lowest BCUT2D eigenvalue weighted by molar-refractivity contribution is 0.0745. The molecule has 0 spiro atoms. The summed E-state index contributed by atoms with van der Waals surface area (Å²) in [6, 6.07) is 13.1. The van der Waals surface area contributed by atoms with E-state index in [1.165, 1.54) is 12.5 Å². The molecule has 1 aromatic carbocycles. The predicted molar refractivity (Wildman–Crippen MR) is 100 cm³/mol. The Hall–Kier alpha value is -3.35. The molecule has 7 nitrogen and oxygen atoms in total. The molecule has 1 amide bonds. The molecule has 0 radical (unpaired) electrons. The summed E-state index contributed by atoms with van der Waals surface area (Å²) < 4.78 is 10.8. The van der Waals surface area contributed by atoms with Gasteiger partial charge in [0.1, 0.15) is 23.7 Å². The van der Waals surface area contributed by atoms with Crippen LogP contribution in [0, 0.1) is 6.92 Å². The minimum absolute atomic E-state index is 0.00429. The molecule has 7 heteroatoms. The Morgan fingerprint density at radius 3 is 2.56 bits per heavy atom. The van der Waals surface area contributed by atoms with E-state index in [9.17, 15) is 4.79 Å². The SMILES string of the molecule is Cc1nc(Oc2ccccc2)cc(N2CCN(C(=O)c3ccoc3)CC2)n1.